The van der Waals surface area contributed by atoms with E-state index in [-0.39, 0.29) is 0 Å². The zero-order chi connectivity index (χ0) is 14.5. The fraction of sp³-hybridized carbons (Fsp3) is 0.471. The third-order valence-corrected chi connectivity index (χ3v) is 4.14. The van der Waals surface area contributed by atoms with Crippen molar-refractivity contribution in [2.45, 2.75) is 25.8 Å². The van der Waals surface area contributed by atoms with E-state index in [4.69, 9.17) is 4.74 Å². The van der Waals surface area contributed by atoms with E-state index < -0.39 is 0 Å². The van der Waals surface area contributed by atoms with Crippen molar-refractivity contribution in [3.63, 3.8) is 0 Å². The lowest BCUT2D eigenvalue weighted by molar-refractivity contribution is 0.0538. The molecule has 0 amide bonds. The highest BCUT2D eigenvalue weighted by molar-refractivity contribution is 5.31. The molecule has 0 saturated carbocycles. The fourth-order valence-electron chi connectivity index (χ4n) is 3.05. The number of aromatic nitrogens is 2. The summed E-state index contributed by atoms with van der Waals surface area (Å²) in [6.45, 7) is 4.88. The van der Waals surface area contributed by atoms with Crippen LogP contribution >= 0.6 is 0 Å². The number of ether oxygens (including phenoxy) is 1. The molecule has 1 unspecified atom stereocenters. The summed E-state index contributed by atoms with van der Waals surface area (Å²) in [6, 6.07) is 10.6. The molecule has 0 radical (unpaired) electrons. The molecule has 1 fully saturated rings. The molecule has 1 aromatic carbocycles. The Bertz CT molecular complexity index is 546. The van der Waals surface area contributed by atoms with Gasteiger partial charge in [-0.2, -0.15) is 5.10 Å². The molecule has 112 valence electrons. The Morgan fingerprint density at radius 3 is 2.76 bits per heavy atom. The van der Waals surface area contributed by atoms with Gasteiger partial charge in [0.05, 0.1) is 11.9 Å². The van der Waals surface area contributed by atoms with Crippen molar-refractivity contribution in [2.24, 2.45) is 5.92 Å². The Balaban J connectivity index is 1.81. The first-order valence-electron chi connectivity index (χ1n) is 7.79. The van der Waals surface area contributed by atoms with Crippen LogP contribution in [0.3, 0.4) is 0 Å². The second-order valence-electron chi connectivity index (χ2n) is 5.54. The summed E-state index contributed by atoms with van der Waals surface area (Å²) in [5.41, 5.74) is 2.37. The summed E-state index contributed by atoms with van der Waals surface area (Å²) < 4.78 is 7.45. The number of hydrogen-bond donors (Lipinski definition) is 1. The van der Waals surface area contributed by atoms with Crippen molar-refractivity contribution >= 4 is 0 Å². The van der Waals surface area contributed by atoms with Gasteiger partial charge in [-0.05, 0) is 37.4 Å². The number of nitrogens with one attached hydrogen (secondary N) is 1. The highest BCUT2D eigenvalue weighted by atomic mass is 16.5. The van der Waals surface area contributed by atoms with Gasteiger partial charge in [0.15, 0.2) is 0 Å². The molecule has 1 aliphatic heterocycles. The molecule has 2 heterocycles. The lowest BCUT2D eigenvalue weighted by Crippen LogP contribution is -2.31. The Morgan fingerprint density at radius 2 is 2.05 bits per heavy atom. The van der Waals surface area contributed by atoms with E-state index in [1.807, 2.05) is 29.1 Å². The van der Waals surface area contributed by atoms with Gasteiger partial charge < -0.3 is 10.1 Å². The summed E-state index contributed by atoms with van der Waals surface area (Å²) in [5.74, 6) is 0.632. The maximum Gasteiger partial charge on any atom is 0.0645 e. The minimum Gasteiger partial charge on any atom is -0.381 e. The minimum absolute atomic E-state index is 0.372. The second kappa shape index (κ2) is 6.87. The Kier molecular flexibility index (Phi) is 4.68. The lowest BCUT2D eigenvalue weighted by Gasteiger charge is -2.30. The normalized spacial score (nSPS) is 17.8. The van der Waals surface area contributed by atoms with Crippen LogP contribution in [-0.4, -0.2) is 29.5 Å². The van der Waals surface area contributed by atoms with Crippen LogP contribution in [0, 0.1) is 5.92 Å². The highest BCUT2D eigenvalue weighted by Crippen LogP contribution is 2.30. The SMILES string of the molecule is CCNC(c1cnn(-c2ccccc2)c1)C1CCOCC1. The van der Waals surface area contributed by atoms with Crippen LogP contribution in [0.5, 0.6) is 0 Å². The largest absolute Gasteiger partial charge is 0.381 e. The van der Waals surface area contributed by atoms with E-state index in [0.717, 1.165) is 38.3 Å². The molecule has 4 heteroatoms. The molecule has 2 aromatic rings. The lowest BCUT2D eigenvalue weighted by atomic mass is 9.88. The van der Waals surface area contributed by atoms with Crippen molar-refractivity contribution in [1.29, 1.82) is 0 Å². The third kappa shape index (κ3) is 3.34. The van der Waals surface area contributed by atoms with E-state index in [1.54, 1.807) is 0 Å². The zero-order valence-corrected chi connectivity index (χ0v) is 12.5. The van der Waals surface area contributed by atoms with E-state index in [2.05, 4.69) is 35.7 Å². The quantitative estimate of drug-likeness (QED) is 0.918. The van der Waals surface area contributed by atoms with Gasteiger partial charge in [-0.3, -0.25) is 0 Å². The van der Waals surface area contributed by atoms with Crippen LogP contribution < -0.4 is 5.32 Å². The van der Waals surface area contributed by atoms with Gasteiger partial charge in [0.25, 0.3) is 0 Å². The van der Waals surface area contributed by atoms with Gasteiger partial charge in [-0.15, -0.1) is 0 Å². The smallest absolute Gasteiger partial charge is 0.0645 e. The number of nitrogens with zero attached hydrogens (tertiary/aromatic N) is 2. The Labute approximate surface area is 126 Å². The maximum atomic E-state index is 5.49. The average molecular weight is 285 g/mol. The van der Waals surface area contributed by atoms with Crippen molar-refractivity contribution in [1.82, 2.24) is 15.1 Å². The van der Waals surface area contributed by atoms with Crippen molar-refractivity contribution < 1.29 is 4.74 Å². The van der Waals surface area contributed by atoms with E-state index >= 15 is 0 Å². The Hall–Kier alpha value is -1.65. The number of para-hydroxylation sites is 1. The fourth-order valence-corrected chi connectivity index (χ4v) is 3.05. The summed E-state index contributed by atoms with van der Waals surface area (Å²) in [4.78, 5) is 0. The van der Waals surface area contributed by atoms with Crippen molar-refractivity contribution in [3.05, 3.63) is 48.3 Å². The molecular formula is C17H23N3O. The molecule has 0 bridgehead atoms. The van der Waals surface area contributed by atoms with Crippen LogP contribution in [0.4, 0.5) is 0 Å². The molecular weight excluding hydrogens is 262 g/mol. The minimum atomic E-state index is 0.372. The van der Waals surface area contributed by atoms with Crippen molar-refractivity contribution in [3.8, 4) is 5.69 Å². The van der Waals surface area contributed by atoms with E-state index in [1.165, 1.54) is 5.56 Å². The number of benzene rings is 1. The third-order valence-electron chi connectivity index (χ3n) is 4.14. The molecule has 0 aliphatic carbocycles. The number of rotatable bonds is 5. The summed E-state index contributed by atoms with van der Waals surface area (Å²) >= 11 is 0. The van der Waals surface area contributed by atoms with E-state index in [0.29, 0.717) is 12.0 Å². The molecule has 4 nitrogen and oxygen atoms in total. The molecule has 3 rings (SSSR count). The molecule has 1 aliphatic rings. The highest BCUT2D eigenvalue weighted by Gasteiger charge is 2.25. The second-order valence-corrected chi connectivity index (χ2v) is 5.54. The Morgan fingerprint density at radius 1 is 1.29 bits per heavy atom. The first-order valence-corrected chi connectivity index (χ1v) is 7.79. The molecule has 0 spiro atoms. The van der Waals surface area contributed by atoms with Gasteiger partial charge in [-0.1, -0.05) is 25.1 Å². The van der Waals surface area contributed by atoms with Crippen LogP contribution in [0.25, 0.3) is 5.69 Å². The predicted octanol–water partition coefficient (Wildman–Crippen LogP) is 2.95. The van der Waals surface area contributed by atoms with E-state index in [9.17, 15) is 0 Å². The molecule has 1 aromatic heterocycles. The summed E-state index contributed by atoms with van der Waals surface area (Å²) in [7, 11) is 0. The van der Waals surface area contributed by atoms with Gasteiger partial charge in [-0.25, -0.2) is 4.68 Å². The van der Waals surface area contributed by atoms with Crippen LogP contribution in [0.15, 0.2) is 42.7 Å². The van der Waals surface area contributed by atoms with Crippen LogP contribution in [-0.2, 0) is 4.74 Å². The maximum absolute atomic E-state index is 5.49. The topological polar surface area (TPSA) is 39.1 Å². The average Bonchev–Trinajstić information content (AvgIpc) is 3.04. The summed E-state index contributed by atoms with van der Waals surface area (Å²) in [6.07, 6.45) is 6.39. The monoisotopic (exact) mass is 285 g/mol. The predicted molar refractivity (Wildman–Crippen MR) is 83.5 cm³/mol. The van der Waals surface area contributed by atoms with Gasteiger partial charge >= 0.3 is 0 Å². The van der Waals surface area contributed by atoms with Crippen LogP contribution in [0.1, 0.15) is 31.4 Å². The molecule has 1 saturated heterocycles. The standard InChI is InChI=1S/C17H23N3O/c1-2-18-17(14-8-10-21-11-9-14)15-12-19-20(13-15)16-6-4-3-5-7-16/h3-7,12-14,17-18H,2,8-11H2,1H3. The van der Waals surface area contributed by atoms with Gasteiger partial charge in [0, 0.05) is 31.0 Å². The van der Waals surface area contributed by atoms with Crippen LogP contribution in [0.2, 0.25) is 0 Å². The first kappa shape index (κ1) is 14.3. The van der Waals surface area contributed by atoms with Gasteiger partial charge in [0.2, 0.25) is 0 Å². The molecule has 1 atom stereocenters. The number of hydrogen-bond acceptors (Lipinski definition) is 3. The molecule has 21 heavy (non-hydrogen) atoms. The van der Waals surface area contributed by atoms with Gasteiger partial charge in [0.1, 0.15) is 0 Å². The summed E-state index contributed by atoms with van der Waals surface area (Å²) in [5, 5.41) is 8.15. The van der Waals surface area contributed by atoms with Crippen molar-refractivity contribution in [2.75, 3.05) is 19.8 Å². The molecule has 1 N–H and O–H groups in total. The first-order chi connectivity index (χ1) is 10.4. The zero-order valence-electron chi connectivity index (χ0n) is 12.5.